The van der Waals surface area contributed by atoms with Crippen LogP contribution in [0.2, 0.25) is 0 Å². The number of ether oxygens (including phenoxy) is 1. The Labute approximate surface area is 144 Å². The lowest BCUT2D eigenvalue weighted by atomic mass is 10.00. The molecular weight excluding hydrogens is 280 g/mol. The van der Waals surface area contributed by atoms with Crippen LogP contribution in [0.4, 0.5) is 0 Å². The molecule has 0 bridgehead atoms. The lowest BCUT2D eigenvalue weighted by molar-refractivity contribution is 0.170. The maximum atomic E-state index is 6.41. The fraction of sp³-hybridized carbons (Fsp3) is 0.727. The van der Waals surface area contributed by atoms with Crippen LogP contribution in [0.3, 0.4) is 0 Å². The molecule has 0 spiro atoms. The van der Waals surface area contributed by atoms with Gasteiger partial charge in [0.1, 0.15) is 5.75 Å². The van der Waals surface area contributed by atoms with Gasteiger partial charge < -0.3 is 4.74 Å². The molecule has 132 valence electrons. The van der Waals surface area contributed by atoms with Gasteiger partial charge in [0.25, 0.3) is 0 Å². The Balaban J connectivity index is 2.53. The molecule has 1 atom stereocenters. The second kappa shape index (κ2) is 11.5. The topological polar surface area (TPSA) is 9.23 Å². The Bertz CT molecular complexity index is 422. The highest BCUT2D eigenvalue weighted by Crippen LogP contribution is 2.25. The molecule has 0 aromatic heterocycles. The lowest BCUT2D eigenvalue weighted by Crippen LogP contribution is -2.17. The van der Waals surface area contributed by atoms with Crippen LogP contribution >= 0.6 is 0 Å². The van der Waals surface area contributed by atoms with Crippen molar-refractivity contribution < 1.29 is 4.74 Å². The van der Waals surface area contributed by atoms with Crippen molar-refractivity contribution in [3.05, 3.63) is 29.3 Å². The van der Waals surface area contributed by atoms with Crippen molar-refractivity contribution in [2.75, 3.05) is 0 Å². The van der Waals surface area contributed by atoms with E-state index in [0.717, 1.165) is 11.7 Å². The molecule has 23 heavy (non-hydrogen) atoms. The van der Waals surface area contributed by atoms with Gasteiger partial charge in [-0.3, -0.25) is 0 Å². The molecule has 0 N–H and O–H groups in total. The van der Waals surface area contributed by atoms with Crippen molar-refractivity contribution in [3.8, 4) is 5.75 Å². The molecule has 0 heterocycles. The molecule has 1 aromatic rings. The predicted molar refractivity (Wildman–Crippen MR) is 102 cm³/mol. The summed E-state index contributed by atoms with van der Waals surface area (Å²) in [6, 6.07) is 6.42. The lowest BCUT2D eigenvalue weighted by Gasteiger charge is -2.21. The minimum absolute atomic E-state index is 0.385. The van der Waals surface area contributed by atoms with Crippen molar-refractivity contribution in [2.45, 2.75) is 98.5 Å². The monoisotopic (exact) mass is 318 g/mol. The zero-order valence-corrected chi connectivity index (χ0v) is 16.2. The third kappa shape index (κ3) is 8.44. The molecule has 0 saturated heterocycles. The molecule has 1 rings (SSSR count). The fourth-order valence-corrected chi connectivity index (χ4v) is 3.02. The molecule has 0 amide bonds. The highest BCUT2D eigenvalue weighted by Gasteiger charge is 2.13. The van der Waals surface area contributed by atoms with Crippen molar-refractivity contribution in [1.82, 2.24) is 0 Å². The van der Waals surface area contributed by atoms with Crippen LogP contribution in [0.25, 0.3) is 0 Å². The number of hydrogen-bond acceptors (Lipinski definition) is 1. The predicted octanol–water partition coefficient (Wildman–Crippen LogP) is 7.24. The third-order valence-corrected chi connectivity index (χ3v) is 4.79. The molecule has 1 aromatic carbocycles. The Kier molecular flexibility index (Phi) is 10.1. The van der Waals surface area contributed by atoms with E-state index in [4.69, 9.17) is 4.74 Å². The largest absolute Gasteiger partial charge is 0.490 e. The summed E-state index contributed by atoms with van der Waals surface area (Å²) in [6.07, 6.45) is 12.1. The summed E-state index contributed by atoms with van der Waals surface area (Å²) in [5, 5.41) is 0. The quantitative estimate of drug-likeness (QED) is 0.369. The van der Waals surface area contributed by atoms with Crippen LogP contribution in [-0.4, -0.2) is 6.10 Å². The maximum Gasteiger partial charge on any atom is 0.122 e. The van der Waals surface area contributed by atoms with Crippen molar-refractivity contribution in [1.29, 1.82) is 0 Å². The Morgan fingerprint density at radius 2 is 1.57 bits per heavy atom. The van der Waals surface area contributed by atoms with Crippen LogP contribution < -0.4 is 4.74 Å². The van der Waals surface area contributed by atoms with Gasteiger partial charge in [-0.05, 0) is 62.6 Å². The van der Waals surface area contributed by atoms with Crippen LogP contribution in [0.15, 0.2) is 18.2 Å². The smallest absolute Gasteiger partial charge is 0.122 e. The van der Waals surface area contributed by atoms with E-state index in [2.05, 4.69) is 52.8 Å². The van der Waals surface area contributed by atoms with Crippen LogP contribution in [0, 0.1) is 19.8 Å². The van der Waals surface area contributed by atoms with E-state index in [9.17, 15) is 0 Å². The standard InChI is InChI=1S/C22H38O/c1-6-7-8-9-10-15-21(16-11-13-18(2)3)23-22-17-12-14-19(4)20(22)5/h12,14,17-18,21H,6-11,13,15-16H2,1-5H3. The van der Waals surface area contributed by atoms with E-state index in [-0.39, 0.29) is 0 Å². The van der Waals surface area contributed by atoms with Gasteiger partial charge in [-0.15, -0.1) is 0 Å². The Morgan fingerprint density at radius 3 is 2.26 bits per heavy atom. The van der Waals surface area contributed by atoms with Crippen molar-refractivity contribution >= 4 is 0 Å². The molecule has 0 aliphatic rings. The summed E-state index contributed by atoms with van der Waals surface area (Å²) in [4.78, 5) is 0. The highest BCUT2D eigenvalue weighted by molar-refractivity contribution is 5.38. The van der Waals surface area contributed by atoms with Gasteiger partial charge in [0.15, 0.2) is 0 Å². The third-order valence-electron chi connectivity index (χ3n) is 4.79. The average Bonchev–Trinajstić information content (AvgIpc) is 2.51. The fourth-order valence-electron chi connectivity index (χ4n) is 3.02. The minimum Gasteiger partial charge on any atom is -0.490 e. The maximum absolute atomic E-state index is 6.41. The number of aryl methyl sites for hydroxylation is 1. The van der Waals surface area contributed by atoms with Gasteiger partial charge in [-0.2, -0.15) is 0 Å². The number of benzene rings is 1. The normalized spacial score (nSPS) is 12.6. The van der Waals surface area contributed by atoms with E-state index in [1.807, 2.05) is 0 Å². The van der Waals surface area contributed by atoms with Crippen molar-refractivity contribution in [3.63, 3.8) is 0 Å². The second-order valence-electron chi connectivity index (χ2n) is 7.47. The first-order chi connectivity index (χ1) is 11.0. The molecule has 0 aliphatic heterocycles. The van der Waals surface area contributed by atoms with Crippen LogP contribution in [0.1, 0.15) is 89.7 Å². The molecular formula is C22H38O. The number of unbranched alkanes of at least 4 members (excludes halogenated alkanes) is 4. The zero-order chi connectivity index (χ0) is 17.1. The van der Waals surface area contributed by atoms with Gasteiger partial charge in [-0.1, -0.05) is 65.0 Å². The van der Waals surface area contributed by atoms with Gasteiger partial charge in [0.2, 0.25) is 0 Å². The highest BCUT2D eigenvalue weighted by atomic mass is 16.5. The molecule has 1 nitrogen and oxygen atoms in total. The van der Waals surface area contributed by atoms with E-state index in [1.165, 1.54) is 68.9 Å². The average molecular weight is 319 g/mol. The summed E-state index contributed by atoms with van der Waals surface area (Å²) in [5.74, 6) is 1.88. The summed E-state index contributed by atoms with van der Waals surface area (Å²) >= 11 is 0. The first-order valence-corrected chi connectivity index (χ1v) is 9.77. The number of rotatable bonds is 12. The van der Waals surface area contributed by atoms with Gasteiger partial charge >= 0.3 is 0 Å². The first kappa shape index (κ1) is 20.1. The van der Waals surface area contributed by atoms with E-state index >= 15 is 0 Å². The molecule has 0 fully saturated rings. The Hall–Kier alpha value is -0.980. The number of hydrogen-bond donors (Lipinski definition) is 0. The molecule has 1 unspecified atom stereocenters. The van der Waals surface area contributed by atoms with Crippen LogP contribution in [-0.2, 0) is 0 Å². The molecule has 0 aliphatic carbocycles. The summed E-state index contributed by atoms with van der Waals surface area (Å²) in [5.41, 5.74) is 2.62. The van der Waals surface area contributed by atoms with Gasteiger partial charge in [0, 0.05) is 0 Å². The van der Waals surface area contributed by atoms with Crippen LogP contribution in [0.5, 0.6) is 5.75 Å². The SMILES string of the molecule is CCCCCCCC(CCCC(C)C)Oc1cccc(C)c1C. The van der Waals surface area contributed by atoms with Gasteiger partial charge in [0.05, 0.1) is 6.10 Å². The van der Waals surface area contributed by atoms with Crippen molar-refractivity contribution in [2.24, 2.45) is 5.92 Å². The summed E-state index contributed by atoms with van der Waals surface area (Å²) < 4.78 is 6.41. The zero-order valence-electron chi connectivity index (χ0n) is 16.2. The summed E-state index contributed by atoms with van der Waals surface area (Å²) in [7, 11) is 0. The molecule has 1 heteroatoms. The minimum atomic E-state index is 0.385. The van der Waals surface area contributed by atoms with E-state index in [0.29, 0.717) is 6.10 Å². The van der Waals surface area contributed by atoms with E-state index < -0.39 is 0 Å². The Morgan fingerprint density at radius 1 is 0.870 bits per heavy atom. The first-order valence-electron chi connectivity index (χ1n) is 9.77. The van der Waals surface area contributed by atoms with Gasteiger partial charge in [-0.25, -0.2) is 0 Å². The molecule has 0 radical (unpaired) electrons. The second-order valence-corrected chi connectivity index (χ2v) is 7.47. The summed E-state index contributed by atoms with van der Waals surface area (Å²) in [6.45, 7) is 11.2. The molecule has 0 saturated carbocycles. The van der Waals surface area contributed by atoms with E-state index in [1.54, 1.807) is 0 Å².